The molecule has 1 atom stereocenters. The quantitative estimate of drug-likeness (QED) is 0.810. The second-order valence-electron chi connectivity index (χ2n) is 4.13. The first-order valence-electron chi connectivity index (χ1n) is 5.82. The summed E-state index contributed by atoms with van der Waals surface area (Å²) in [6, 6.07) is 6.04. The molecule has 1 aliphatic heterocycles. The highest BCUT2D eigenvalue weighted by molar-refractivity contribution is 5.03. The lowest BCUT2D eigenvalue weighted by Gasteiger charge is -2.32. The molecule has 2 N–H and O–H groups in total. The van der Waals surface area contributed by atoms with E-state index in [4.69, 9.17) is 10.5 Å². The van der Waals surface area contributed by atoms with Crippen LogP contribution in [0.2, 0.25) is 0 Å². The van der Waals surface area contributed by atoms with Crippen LogP contribution in [0.25, 0.3) is 0 Å². The van der Waals surface area contributed by atoms with Crippen molar-refractivity contribution in [3.63, 3.8) is 0 Å². The zero-order chi connectivity index (χ0) is 11.2. The summed E-state index contributed by atoms with van der Waals surface area (Å²) in [5, 5.41) is 0. The average Bonchev–Trinajstić information content (AvgIpc) is 2.31. The van der Waals surface area contributed by atoms with Crippen molar-refractivity contribution in [1.29, 1.82) is 0 Å². The molecule has 1 aliphatic rings. The minimum Gasteiger partial charge on any atom is -0.376 e. The summed E-state index contributed by atoms with van der Waals surface area (Å²) in [4.78, 5) is 6.72. The number of ether oxygens (including phenoxy) is 1. The maximum Gasteiger partial charge on any atom is 0.0714 e. The Morgan fingerprint density at radius 1 is 1.50 bits per heavy atom. The Bertz CT molecular complexity index is 302. The number of nitrogens with two attached hydrogens (primary N) is 1. The van der Waals surface area contributed by atoms with Crippen molar-refractivity contribution < 1.29 is 4.74 Å². The van der Waals surface area contributed by atoms with E-state index in [2.05, 4.69) is 16.0 Å². The van der Waals surface area contributed by atoms with Crippen LogP contribution in [-0.2, 0) is 11.3 Å². The van der Waals surface area contributed by atoms with Gasteiger partial charge in [0.05, 0.1) is 18.4 Å². The molecule has 0 saturated carbocycles. The zero-order valence-corrected chi connectivity index (χ0v) is 9.51. The molecular weight excluding hydrogens is 202 g/mol. The predicted octanol–water partition coefficient (Wildman–Crippen LogP) is 0.631. The predicted molar refractivity (Wildman–Crippen MR) is 62.9 cm³/mol. The Morgan fingerprint density at radius 2 is 2.44 bits per heavy atom. The topological polar surface area (TPSA) is 51.4 Å². The van der Waals surface area contributed by atoms with E-state index < -0.39 is 0 Å². The molecule has 0 spiro atoms. The Labute approximate surface area is 96.4 Å². The second-order valence-corrected chi connectivity index (χ2v) is 4.13. The van der Waals surface area contributed by atoms with Gasteiger partial charge >= 0.3 is 0 Å². The lowest BCUT2D eigenvalue weighted by molar-refractivity contribution is -0.0338. The molecule has 1 aromatic rings. The second kappa shape index (κ2) is 5.94. The third-order valence-corrected chi connectivity index (χ3v) is 2.82. The maximum atomic E-state index is 5.64. The fraction of sp³-hybridized carbons (Fsp3) is 0.583. The van der Waals surface area contributed by atoms with Crippen LogP contribution in [0.15, 0.2) is 24.4 Å². The minimum atomic E-state index is 0.294. The van der Waals surface area contributed by atoms with E-state index in [9.17, 15) is 0 Å². The number of nitrogens with zero attached hydrogens (tertiary/aromatic N) is 2. The van der Waals surface area contributed by atoms with Gasteiger partial charge in [0.2, 0.25) is 0 Å². The minimum absolute atomic E-state index is 0.294. The molecule has 1 saturated heterocycles. The van der Waals surface area contributed by atoms with Gasteiger partial charge in [-0.25, -0.2) is 0 Å². The molecule has 1 fully saturated rings. The van der Waals surface area contributed by atoms with Gasteiger partial charge in [0, 0.05) is 25.8 Å². The first kappa shape index (κ1) is 11.5. The molecule has 0 bridgehead atoms. The number of rotatable bonds is 4. The maximum absolute atomic E-state index is 5.64. The van der Waals surface area contributed by atoms with Crippen molar-refractivity contribution in [1.82, 2.24) is 9.88 Å². The van der Waals surface area contributed by atoms with Gasteiger partial charge in [-0.05, 0) is 25.1 Å². The smallest absolute Gasteiger partial charge is 0.0714 e. The van der Waals surface area contributed by atoms with Crippen molar-refractivity contribution in [3.8, 4) is 0 Å². The van der Waals surface area contributed by atoms with Gasteiger partial charge in [-0.2, -0.15) is 0 Å². The van der Waals surface area contributed by atoms with Crippen molar-refractivity contribution in [2.24, 2.45) is 5.73 Å². The molecule has 0 radical (unpaired) electrons. The first-order chi connectivity index (χ1) is 7.88. The first-order valence-corrected chi connectivity index (χ1v) is 5.82. The molecule has 0 aromatic carbocycles. The van der Waals surface area contributed by atoms with Crippen molar-refractivity contribution >= 4 is 0 Å². The van der Waals surface area contributed by atoms with Crippen molar-refractivity contribution in [2.45, 2.75) is 19.1 Å². The van der Waals surface area contributed by atoms with Crippen molar-refractivity contribution in [2.75, 3.05) is 26.2 Å². The van der Waals surface area contributed by atoms with Crippen molar-refractivity contribution in [3.05, 3.63) is 30.1 Å². The van der Waals surface area contributed by atoms with Gasteiger partial charge in [-0.15, -0.1) is 0 Å². The number of aromatic nitrogens is 1. The van der Waals surface area contributed by atoms with E-state index >= 15 is 0 Å². The standard InChI is InChI=1S/C12H19N3O/c13-5-4-12-10-15(7-8-16-12)9-11-3-1-2-6-14-11/h1-3,6,12H,4-5,7-10,13H2. The highest BCUT2D eigenvalue weighted by Gasteiger charge is 2.19. The van der Waals surface area contributed by atoms with E-state index in [0.29, 0.717) is 12.6 Å². The zero-order valence-electron chi connectivity index (χ0n) is 9.51. The Hall–Kier alpha value is -0.970. The molecule has 88 valence electrons. The summed E-state index contributed by atoms with van der Waals surface area (Å²) < 4.78 is 5.64. The third kappa shape index (κ3) is 3.27. The molecular formula is C12H19N3O. The van der Waals surface area contributed by atoms with Crippen LogP contribution in [0.4, 0.5) is 0 Å². The lowest BCUT2D eigenvalue weighted by Crippen LogP contribution is -2.42. The van der Waals surface area contributed by atoms with E-state index in [-0.39, 0.29) is 0 Å². The summed E-state index contributed by atoms with van der Waals surface area (Å²) in [6.07, 6.45) is 3.08. The average molecular weight is 221 g/mol. The van der Waals surface area contributed by atoms with Crippen LogP contribution in [0, 0.1) is 0 Å². The molecule has 16 heavy (non-hydrogen) atoms. The summed E-state index contributed by atoms with van der Waals surface area (Å²) in [5.41, 5.74) is 6.67. The van der Waals surface area contributed by atoms with Crippen LogP contribution in [0.3, 0.4) is 0 Å². The Morgan fingerprint density at radius 3 is 3.19 bits per heavy atom. The molecule has 2 heterocycles. The van der Waals surface area contributed by atoms with Crippen LogP contribution in [0.1, 0.15) is 12.1 Å². The fourth-order valence-electron chi connectivity index (χ4n) is 2.01. The SMILES string of the molecule is NCCC1CN(Cc2ccccn2)CCO1. The monoisotopic (exact) mass is 221 g/mol. The Balaban J connectivity index is 1.85. The lowest BCUT2D eigenvalue weighted by atomic mass is 10.2. The largest absolute Gasteiger partial charge is 0.376 e. The van der Waals surface area contributed by atoms with Crippen LogP contribution >= 0.6 is 0 Å². The fourth-order valence-corrected chi connectivity index (χ4v) is 2.01. The summed E-state index contributed by atoms with van der Waals surface area (Å²) in [7, 11) is 0. The van der Waals surface area contributed by atoms with E-state index in [1.807, 2.05) is 18.3 Å². The number of morpholine rings is 1. The summed E-state index contributed by atoms with van der Waals surface area (Å²) in [6.45, 7) is 4.36. The molecule has 0 aliphatic carbocycles. The highest BCUT2D eigenvalue weighted by Crippen LogP contribution is 2.10. The highest BCUT2D eigenvalue weighted by atomic mass is 16.5. The number of pyridine rings is 1. The van der Waals surface area contributed by atoms with Gasteiger partial charge in [0.1, 0.15) is 0 Å². The molecule has 4 heteroatoms. The molecule has 4 nitrogen and oxygen atoms in total. The van der Waals surface area contributed by atoms with E-state index in [0.717, 1.165) is 38.4 Å². The van der Waals surface area contributed by atoms with Gasteiger partial charge in [-0.3, -0.25) is 9.88 Å². The van der Waals surface area contributed by atoms with Crippen LogP contribution in [-0.4, -0.2) is 42.2 Å². The molecule has 1 unspecified atom stereocenters. The molecule has 1 aromatic heterocycles. The van der Waals surface area contributed by atoms with Crippen LogP contribution < -0.4 is 5.73 Å². The van der Waals surface area contributed by atoms with E-state index in [1.54, 1.807) is 0 Å². The number of hydrogen-bond acceptors (Lipinski definition) is 4. The van der Waals surface area contributed by atoms with E-state index in [1.165, 1.54) is 0 Å². The van der Waals surface area contributed by atoms with Gasteiger partial charge in [0.25, 0.3) is 0 Å². The number of hydrogen-bond donors (Lipinski definition) is 1. The molecule has 0 amide bonds. The normalized spacial score (nSPS) is 22.2. The van der Waals surface area contributed by atoms with Crippen LogP contribution in [0.5, 0.6) is 0 Å². The summed E-state index contributed by atoms with van der Waals surface area (Å²) in [5.74, 6) is 0. The third-order valence-electron chi connectivity index (χ3n) is 2.82. The van der Waals surface area contributed by atoms with Gasteiger partial charge in [-0.1, -0.05) is 6.07 Å². The van der Waals surface area contributed by atoms with Gasteiger partial charge in [0.15, 0.2) is 0 Å². The summed E-state index contributed by atoms with van der Waals surface area (Å²) >= 11 is 0. The Kier molecular flexibility index (Phi) is 4.27. The van der Waals surface area contributed by atoms with Gasteiger partial charge < -0.3 is 10.5 Å². The molecule has 2 rings (SSSR count).